The lowest BCUT2D eigenvalue weighted by Gasteiger charge is -2.24. The predicted octanol–water partition coefficient (Wildman–Crippen LogP) is 5.76. The standard InChI is InChI=1S/C18H22F3NOSi/c1-4-24(5-2,6-3)17-11-10-16(23-17)13-22-15-9-7-8-14(12-15)18(19,20)21/h7-13H,4-6H2,1-3H3. The lowest BCUT2D eigenvalue weighted by Crippen LogP contribution is -2.44. The van der Waals surface area contributed by atoms with Crippen molar-refractivity contribution in [2.45, 2.75) is 45.1 Å². The van der Waals surface area contributed by atoms with Crippen LogP contribution in [-0.2, 0) is 6.18 Å². The molecule has 1 aromatic heterocycles. The van der Waals surface area contributed by atoms with E-state index in [0.717, 1.165) is 35.6 Å². The molecule has 0 atom stereocenters. The lowest BCUT2D eigenvalue weighted by molar-refractivity contribution is -0.137. The van der Waals surface area contributed by atoms with Gasteiger partial charge in [-0.2, -0.15) is 13.2 Å². The van der Waals surface area contributed by atoms with Gasteiger partial charge in [-0.25, -0.2) is 0 Å². The van der Waals surface area contributed by atoms with E-state index in [9.17, 15) is 13.2 Å². The van der Waals surface area contributed by atoms with Gasteiger partial charge in [-0.05, 0) is 30.3 Å². The van der Waals surface area contributed by atoms with E-state index in [-0.39, 0.29) is 5.69 Å². The Morgan fingerprint density at radius 2 is 1.71 bits per heavy atom. The minimum absolute atomic E-state index is 0.257. The van der Waals surface area contributed by atoms with Gasteiger partial charge in [0, 0.05) is 0 Å². The largest absolute Gasteiger partial charge is 0.465 e. The first-order valence-corrected chi connectivity index (χ1v) is 10.8. The summed E-state index contributed by atoms with van der Waals surface area (Å²) in [4.78, 5) is 4.12. The Hall–Kier alpha value is -1.82. The summed E-state index contributed by atoms with van der Waals surface area (Å²) in [5.41, 5.74) is -0.445. The van der Waals surface area contributed by atoms with E-state index in [4.69, 9.17) is 4.42 Å². The summed E-state index contributed by atoms with van der Waals surface area (Å²) in [6.45, 7) is 6.58. The molecule has 0 spiro atoms. The van der Waals surface area contributed by atoms with Crippen LogP contribution < -0.4 is 5.38 Å². The Bertz CT molecular complexity index is 694. The van der Waals surface area contributed by atoms with Gasteiger partial charge in [0.25, 0.3) is 0 Å². The fraction of sp³-hybridized carbons (Fsp3) is 0.389. The van der Waals surface area contributed by atoms with E-state index < -0.39 is 19.8 Å². The topological polar surface area (TPSA) is 25.5 Å². The quantitative estimate of drug-likeness (QED) is 0.478. The maximum atomic E-state index is 12.7. The molecule has 0 aliphatic heterocycles. The van der Waals surface area contributed by atoms with Crippen LogP contribution in [0.4, 0.5) is 18.9 Å². The fourth-order valence-electron chi connectivity index (χ4n) is 2.88. The highest BCUT2D eigenvalue weighted by Crippen LogP contribution is 2.31. The molecule has 0 N–H and O–H groups in total. The SMILES string of the molecule is CC[Si](CC)(CC)c1ccc(C=Nc2cccc(C(F)(F)F)c2)o1. The first-order valence-electron chi connectivity index (χ1n) is 8.16. The van der Waals surface area contributed by atoms with Crippen molar-refractivity contribution in [1.82, 2.24) is 0 Å². The van der Waals surface area contributed by atoms with E-state index in [0.29, 0.717) is 5.76 Å². The summed E-state index contributed by atoms with van der Waals surface area (Å²) < 4.78 is 44.1. The zero-order chi connectivity index (χ0) is 17.8. The Labute approximate surface area is 141 Å². The van der Waals surface area contributed by atoms with Crippen molar-refractivity contribution in [3.8, 4) is 0 Å². The van der Waals surface area contributed by atoms with Crippen molar-refractivity contribution >= 4 is 25.4 Å². The number of aliphatic imine (C=N–C) groups is 1. The average molecular weight is 353 g/mol. The van der Waals surface area contributed by atoms with E-state index >= 15 is 0 Å². The van der Waals surface area contributed by atoms with Crippen molar-refractivity contribution in [1.29, 1.82) is 0 Å². The molecule has 1 heterocycles. The summed E-state index contributed by atoms with van der Waals surface area (Å²) >= 11 is 0. The number of halogens is 3. The van der Waals surface area contributed by atoms with Gasteiger partial charge in [0.15, 0.2) is 0 Å². The van der Waals surface area contributed by atoms with Crippen LogP contribution in [0.3, 0.4) is 0 Å². The molecule has 2 rings (SSSR count). The third-order valence-corrected chi connectivity index (χ3v) is 10.1. The normalized spacial score (nSPS) is 12.9. The predicted molar refractivity (Wildman–Crippen MR) is 94.2 cm³/mol. The van der Waals surface area contributed by atoms with Crippen molar-refractivity contribution in [2.24, 2.45) is 4.99 Å². The van der Waals surface area contributed by atoms with Crippen molar-refractivity contribution in [2.75, 3.05) is 0 Å². The van der Waals surface area contributed by atoms with Crippen molar-refractivity contribution in [3.05, 3.63) is 47.7 Å². The van der Waals surface area contributed by atoms with Crippen LogP contribution in [-0.4, -0.2) is 14.3 Å². The monoisotopic (exact) mass is 353 g/mol. The smallest absolute Gasteiger partial charge is 0.416 e. The maximum Gasteiger partial charge on any atom is 0.416 e. The van der Waals surface area contributed by atoms with Crippen LogP contribution in [0, 0.1) is 0 Å². The van der Waals surface area contributed by atoms with Crippen molar-refractivity contribution in [3.63, 3.8) is 0 Å². The second kappa shape index (κ2) is 7.38. The molecule has 0 fully saturated rings. The summed E-state index contributed by atoms with van der Waals surface area (Å²) in [6, 6.07) is 12.1. The Balaban J connectivity index is 2.22. The Morgan fingerprint density at radius 1 is 1.04 bits per heavy atom. The summed E-state index contributed by atoms with van der Waals surface area (Å²) in [5, 5.41) is 1.04. The van der Waals surface area contributed by atoms with Gasteiger partial charge in [-0.1, -0.05) is 45.0 Å². The zero-order valence-corrected chi connectivity index (χ0v) is 15.2. The highest BCUT2D eigenvalue weighted by Gasteiger charge is 2.32. The highest BCUT2D eigenvalue weighted by atomic mass is 28.3. The molecular weight excluding hydrogens is 331 g/mol. The van der Waals surface area contributed by atoms with Gasteiger partial charge in [0.1, 0.15) is 13.8 Å². The molecule has 24 heavy (non-hydrogen) atoms. The molecule has 130 valence electrons. The molecule has 2 nitrogen and oxygen atoms in total. The fourth-order valence-corrected chi connectivity index (χ4v) is 6.20. The van der Waals surface area contributed by atoms with Gasteiger partial charge in [0.05, 0.1) is 22.8 Å². The molecule has 6 heteroatoms. The molecule has 0 bridgehead atoms. The molecule has 1 aromatic carbocycles. The third-order valence-electron chi connectivity index (χ3n) is 4.69. The Morgan fingerprint density at radius 3 is 2.29 bits per heavy atom. The first-order chi connectivity index (χ1) is 11.3. The maximum absolute atomic E-state index is 12.7. The second-order valence-corrected chi connectivity index (χ2v) is 11.0. The molecular formula is C18H22F3NOSi. The molecule has 0 aliphatic rings. The number of alkyl halides is 3. The number of benzene rings is 1. The minimum Gasteiger partial charge on any atom is -0.465 e. The summed E-state index contributed by atoms with van der Waals surface area (Å²) in [7, 11) is -1.59. The molecule has 0 amide bonds. The number of hydrogen-bond donors (Lipinski definition) is 0. The third kappa shape index (κ3) is 3.98. The van der Waals surface area contributed by atoms with Crippen molar-refractivity contribution < 1.29 is 17.6 Å². The van der Waals surface area contributed by atoms with E-state index in [2.05, 4.69) is 25.8 Å². The molecule has 0 saturated heterocycles. The first kappa shape index (κ1) is 18.5. The van der Waals surface area contributed by atoms with Gasteiger partial charge in [-0.3, -0.25) is 4.99 Å². The van der Waals surface area contributed by atoms with Crippen LogP contribution in [0.1, 0.15) is 32.1 Å². The van der Waals surface area contributed by atoms with Crippen LogP contribution in [0.5, 0.6) is 0 Å². The number of nitrogens with zero attached hydrogens (tertiary/aromatic N) is 1. The molecule has 0 aliphatic carbocycles. The summed E-state index contributed by atoms with van der Waals surface area (Å²) in [5.74, 6) is 0.578. The number of hydrogen-bond acceptors (Lipinski definition) is 2. The zero-order valence-electron chi connectivity index (χ0n) is 14.2. The lowest BCUT2D eigenvalue weighted by atomic mass is 10.2. The van der Waals surface area contributed by atoms with Crippen LogP contribution in [0.2, 0.25) is 18.1 Å². The van der Waals surface area contributed by atoms with Gasteiger partial charge in [-0.15, -0.1) is 0 Å². The van der Waals surface area contributed by atoms with E-state index in [1.807, 2.05) is 12.1 Å². The highest BCUT2D eigenvalue weighted by molar-refractivity contribution is 6.90. The molecule has 0 unspecified atom stereocenters. The molecule has 0 saturated carbocycles. The molecule has 2 aromatic rings. The Kier molecular flexibility index (Phi) is 5.69. The molecule has 0 radical (unpaired) electrons. The van der Waals surface area contributed by atoms with Gasteiger partial charge in [0.2, 0.25) is 0 Å². The number of rotatable bonds is 6. The van der Waals surface area contributed by atoms with Gasteiger partial charge < -0.3 is 4.42 Å². The van der Waals surface area contributed by atoms with Crippen LogP contribution >= 0.6 is 0 Å². The van der Waals surface area contributed by atoms with Gasteiger partial charge >= 0.3 is 6.18 Å². The van der Waals surface area contributed by atoms with Crippen LogP contribution in [0.15, 0.2) is 45.8 Å². The van der Waals surface area contributed by atoms with E-state index in [1.54, 1.807) is 6.07 Å². The van der Waals surface area contributed by atoms with E-state index in [1.165, 1.54) is 12.3 Å². The average Bonchev–Trinajstić information content (AvgIpc) is 3.04. The summed E-state index contributed by atoms with van der Waals surface area (Å²) in [6.07, 6.45) is -2.88. The minimum atomic E-state index is -4.36. The number of furan rings is 1. The second-order valence-electron chi connectivity index (χ2n) is 5.85. The van der Waals surface area contributed by atoms with Crippen LogP contribution in [0.25, 0.3) is 0 Å².